The molecule has 0 fully saturated rings. The Balaban J connectivity index is 1.74. The Labute approximate surface area is 153 Å². The summed E-state index contributed by atoms with van der Waals surface area (Å²) in [5.41, 5.74) is 2.42. The van der Waals surface area contributed by atoms with Crippen molar-refractivity contribution in [2.45, 2.75) is 12.8 Å². The fraction of sp³-hybridized carbons (Fsp3) is 0.100. The number of hydrogen-bond donors (Lipinski definition) is 0. The smallest absolute Gasteiger partial charge is 0.317 e. The van der Waals surface area contributed by atoms with Crippen LogP contribution in [0.2, 0.25) is 0 Å². The first-order chi connectivity index (χ1) is 13.0. The summed E-state index contributed by atoms with van der Waals surface area (Å²) < 4.78 is 42.1. The Bertz CT molecular complexity index is 1020. The van der Waals surface area contributed by atoms with Crippen molar-refractivity contribution in [3.05, 3.63) is 84.9 Å². The average molecular weight is 368 g/mol. The van der Waals surface area contributed by atoms with E-state index in [-0.39, 0.29) is 0 Å². The number of halogens is 3. The van der Waals surface area contributed by atoms with Crippen LogP contribution in [-0.2, 0) is 12.8 Å². The van der Waals surface area contributed by atoms with Gasteiger partial charge in [-0.15, -0.1) is 0 Å². The predicted octanol–water partition coefficient (Wildman–Crippen LogP) is 4.94. The van der Waals surface area contributed by atoms with Gasteiger partial charge < -0.3 is 4.57 Å². The maximum absolute atomic E-state index is 12.8. The van der Waals surface area contributed by atoms with Crippen LogP contribution in [0.1, 0.15) is 5.56 Å². The van der Waals surface area contributed by atoms with Gasteiger partial charge in [-0.1, -0.05) is 42.5 Å². The fourth-order valence-electron chi connectivity index (χ4n) is 2.86. The maximum Gasteiger partial charge on any atom is 0.416 e. The van der Waals surface area contributed by atoms with Crippen molar-refractivity contribution in [2.24, 2.45) is 0 Å². The minimum atomic E-state index is -4.35. The monoisotopic (exact) mass is 368 g/mol. The molecule has 0 aliphatic rings. The third-order valence-electron chi connectivity index (χ3n) is 4.21. The van der Waals surface area contributed by atoms with E-state index in [4.69, 9.17) is 0 Å². The molecule has 7 heteroatoms. The first kappa shape index (κ1) is 17.1. The van der Waals surface area contributed by atoms with Gasteiger partial charge in [-0.25, -0.2) is 9.67 Å². The SMILES string of the molecule is FC(F)(F)c1ccc(-c2cc(-c3ccccc3)n(Cn3ccnc3)n2)cc1. The number of benzene rings is 2. The minimum Gasteiger partial charge on any atom is -0.317 e. The molecule has 0 saturated heterocycles. The van der Waals surface area contributed by atoms with Crippen LogP contribution in [-0.4, -0.2) is 19.3 Å². The number of hydrogen-bond acceptors (Lipinski definition) is 2. The van der Waals surface area contributed by atoms with Crippen molar-refractivity contribution in [1.82, 2.24) is 19.3 Å². The molecule has 0 atom stereocenters. The fourth-order valence-corrected chi connectivity index (χ4v) is 2.86. The second-order valence-electron chi connectivity index (χ2n) is 6.07. The molecule has 0 aliphatic carbocycles. The van der Waals surface area contributed by atoms with E-state index in [0.717, 1.165) is 23.4 Å². The van der Waals surface area contributed by atoms with Gasteiger partial charge in [0.05, 0.1) is 23.3 Å². The van der Waals surface area contributed by atoms with E-state index in [2.05, 4.69) is 10.1 Å². The van der Waals surface area contributed by atoms with Crippen molar-refractivity contribution >= 4 is 0 Å². The van der Waals surface area contributed by atoms with Crippen LogP contribution < -0.4 is 0 Å². The molecule has 2 aromatic heterocycles. The van der Waals surface area contributed by atoms with Gasteiger partial charge in [-0.2, -0.15) is 18.3 Å². The second-order valence-corrected chi connectivity index (χ2v) is 6.07. The molecule has 27 heavy (non-hydrogen) atoms. The summed E-state index contributed by atoms with van der Waals surface area (Å²) in [7, 11) is 0. The van der Waals surface area contributed by atoms with E-state index in [9.17, 15) is 13.2 Å². The molecule has 2 heterocycles. The topological polar surface area (TPSA) is 35.6 Å². The molecule has 0 aliphatic heterocycles. The summed E-state index contributed by atoms with van der Waals surface area (Å²) in [5, 5.41) is 4.61. The third kappa shape index (κ3) is 3.62. The zero-order chi connectivity index (χ0) is 18.9. The van der Waals surface area contributed by atoms with E-state index in [1.54, 1.807) is 12.5 Å². The first-order valence-corrected chi connectivity index (χ1v) is 8.27. The minimum absolute atomic E-state index is 0.449. The highest BCUT2D eigenvalue weighted by Gasteiger charge is 2.30. The summed E-state index contributed by atoms with van der Waals surface area (Å²) in [6, 6.07) is 16.7. The van der Waals surface area contributed by atoms with Gasteiger partial charge in [0.15, 0.2) is 0 Å². The van der Waals surface area contributed by atoms with Gasteiger partial charge in [0.2, 0.25) is 0 Å². The van der Waals surface area contributed by atoms with Gasteiger partial charge >= 0.3 is 6.18 Å². The van der Waals surface area contributed by atoms with Crippen LogP contribution in [0.3, 0.4) is 0 Å². The third-order valence-corrected chi connectivity index (χ3v) is 4.21. The van der Waals surface area contributed by atoms with E-state index >= 15 is 0 Å². The van der Waals surface area contributed by atoms with Crippen LogP contribution in [0.25, 0.3) is 22.5 Å². The van der Waals surface area contributed by atoms with Crippen molar-refractivity contribution < 1.29 is 13.2 Å². The maximum atomic E-state index is 12.8. The predicted molar refractivity (Wildman–Crippen MR) is 95.7 cm³/mol. The molecule has 0 spiro atoms. The van der Waals surface area contributed by atoms with E-state index < -0.39 is 11.7 Å². The zero-order valence-electron chi connectivity index (χ0n) is 14.1. The summed E-state index contributed by atoms with van der Waals surface area (Å²) in [6.07, 6.45) is 0.847. The van der Waals surface area contributed by atoms with Crippen LogP contribution in [0.5, 0.6) is 0 Å². The number of rotatable bonds is 4. The zero-order valence-corrected chi connectivity index (χ0v) is 14.1. The van der Waals surface area contributed by atoms with Crippen LogP contribution in [0.15, 0.2) is 79.4 Å². The number of alkyl halides is 3. The summed E-state index contributed by atoms with van der Waals surface area (Å²) in [6.45, 7) is 0.449. The Morgan fingerprint density at radius 2 is 1.63 bits per heavy atom. The van der Waals surface area contributed by atoms with Crippen molar-refractivity contribution in [3.63, 3.8) is 0 Å². The molecule has 4 aromatic rings. The molecule has 0 amide bonds. The van der Waals surface area contributed by atoms with E-state index in [0.29, 0.717) is 17.9 Å². The van der Waals surface area contributed by atoms with Crippen molar-refractivity contribution in [1.29, 1.82) is 0 Å². The molecule has 0 unspecified atom stereocenters. The Morgan fingerprint density at radius 3 is 2.26 bits per heavy atom. The van der Waals surface area contributed by atoms with Crippen LogP contribution in [0, 0.1) is 0 Å². The largest absolute Gasteiger partial charge is 0.416 e. The first-order valence-electron chi connectivity index (χ1n) is 8.27. The van der Waals surface area contributed by atoms with E-state index in [1.807, 2.05) is 51.8 Å². The molecule has 4 nitrogen and oxygen atoms in total. The lowest BCUT2D eigenvalue weighted by atomic mass is 10.1. The van der Waals surface area contributed by atoms with Crippen LogP contribution >= 0.6 is 0 Å². The van der Waals surface area contributed by atoms with Gasteiger partial charge in [-0.3, -0.25) is 0 Å². The molecule has 0 saturated carbocycles. The van der Waals surface area contributed by atoms with Crippen molar-refractivity contribution in [3.8, 4) is 22.5 Å². The number of imidazole rings is 1. The Kier molecular flexibility index (Phi) is 4.27. The normalized spacial score (nSPS) is 11.7. The Morgan fingerprint density at radius 1 is 0.889 bits per heavy atom. The highest BCUT2D eigenvalue weighted by molar-refractivity contribution is 5.68. The average Bonchev–Trinajstić information content (AvgIpc) is 3.32. The van der Waals surface area contributed by atoms with Gasteiger partial charge in [0.1, 0.15) is 6.67 Å². The lowest BCUT2D eigenvalue weighted by Gasteiger charge is -2.08. The van der Waals surface area contributed by atoms with Crippen molar-refractivity contribution in [2.75, 3.05) is 0 Å². The lowest BCUT2D eigenvalue weighted by Crippen LogP contribution is -2.09. The molecular weight excluding hydrogens is 353 g/mol. The highest BCUT2D eigenvalue weighted by atomic mass is 19.4. The van der Waals surface area contributed by atoms with E-state index in [1.165, 1.54) is 12.1 Å². The number of aromatic nitrogens is 4. The Hall–Kier alpha value is -3.35. The molecule has 2 aromatic carbocycles. The van der Waals surface area contributed by atoms with Crippen LogP contribution in [0.4, 0.5) is 13.2 Å². The molecular formula is C20H15F3N4. The lowest BCUT2D eigenvalue weighted by molar-refractivity contribution is -0.137. The van der Waals surface area contributed by atoms with Gasteiger partial charge in [0, 0.05) is 18.0 Å². The molecule has 4 rings (SSSR count). The molecule has 0 radical (unpaired) electrons. The molecule has 136 valence electrons. The molecule has 0 bridgehead atoms. The van der Waals surface area contributed by atoms with Gasteiger partial charge in [-0.05, 0) is 23.8 Å². The second kappa shape index (κ2) is 6.75. The summed E-state index contributed by atoms with van der Waals surface area (Å²) in [5.74, 6) is 0. The summed E-state index contributed by atoms with van der Waals surface area (Å²) >= 11 is 0. The standard InChI is InChI=1S/C20H15F3N4/c21-20(22,23)17-8-6-15(7-9-17)18-12-19(16-4-2-1-3-5-16)27(25-18)14-26-11-10-24-13-26/h1-13H,14H2. The number of nitrogens with zero attached hydrogens (tertiary/aromatic N) is 4. The highest BCUT2D eigenvalue weighted by Crippen LogP contribution is 2.32. The van der Waals surface area contributed by atoms with Gasteiger partial charge in [0.25, 0.3) is 0 Å². The quantitative estimate of drug-likeness (QED) is 0.512. The molecule has 0 N–H and O–H groups in total. The summed E-state index contributed by atoms with van der Waals surface area (Å²) in [4.78, 5) is 4.03.